The van der Waals surface area contributed by atoms with Crippen LogP contribution in [0.15, 0.2) is 11.4 Å². The summed E-state index contributed by atoms with van der Waals surface area (Å²) >= 11 is 7.97. The number of rotatable bonds is 4. The second-order valence-electron chi connectivity index (χ2n) is 4.74. The molecule has 3 rings (SSSR count). The Balaban J connectivity index is 0.00000108. The summed E-state index contributed by atoms with van der Waals surface area (Å²) in [5.41, 5.74) is 0. The molecule has 1 aliphatic carbocycles. The lowest BCUT2D eigenvalue weighted by Crippen LogP contribution is -2.37. The maximum atomic E-state index is 6.18. The van der Waals surface area contributed by atoms with Crippen molar-refractivity contribution in [3.05, 3.63) is 21.3 Å². The molecule has 1 aromatic rings. The van der Waals surface area contributed by atoms with Crippen LogP contribution in [0.5, 0.6) is 0 Å². The Kier molecular flexibility index (Phi) is 4.72. The smallest absolute Gasteiger partial charge is 0.0558 e. The quantitative estimate of drug-likeness (QED) is 0.917. The van der Waals surface area contributed by atoms with E-state index in [0.717, 1.165) is 30.2 Å². The SMILES string of the molecule is Cl.Clc1ccsc1CN(C1CC1)C1CCNC1. The van der Waals surface area contributed by atoms with Gasteiger partial charge in [-0.05, 0) is 37.3 Å². The third kappa shape index (κ3) is 3.15. The van der Waals surface area contributed by atoms with E-state index in [1.165, 1.54) is 30.7 Å². The lowest BCUT2D eigenvalue weighted by molar-refractivity contribution is 0.190. The van der Waals surface area contributed by atoms with Gasteiger partial charge in [0.15, 0.2) is 0 Å². The Hall–Kier alpha value is 0.200. The number of halogens is 2. The zero-order chi connectivity index (χ0) is 11.0. The molecule has 2 heterocycles. The van der Waals surface area contributed by atoms with Crippen molar-refractivity contribution in [3.8, 4) is 0 Å². The third-order valence-corrected chi connectivity index (χ3v) is 4.91. The fraction of sp³-hybridized carbons (Fsp3) is 0.667. The molecule has 1 saturated carbocycles. The largest absolute Gasteiger partial charge is 0.315 e. The highest BCUT2D eigenvalue weighted by molar-refractivity contribution is 7.10. The lowest BCUT2D eigenvalue weighted by Gasteiger charge is -2.27. The molecular weight excluding hydrogens is 275 g/mol. The standard InChI is InChI=1S/C12H17ClN2S.ClH/c13-11-4-6-16-12(11)8-15(9-1-2-9)10-3-5-14-7-10;/h4,6,9-10,14H,1-3,5,7-8H2;1H. The van der Waals surface area contributed by atoms with E-state index >= 15 is 0 Å². The van der Waals surface area contributed by atoms with E-state index in [4.69, 9.17) is 11.6 Å². The molecule has 0 aromatic carbocycles. The Morgan fingerprint density at radius 3 is 2.71 bits per heavy atom. The van der Waals surface area contributed by atoms with Gasteiger partial charge in [0, 0.05) is 30.1 Å². The van der Waals surface area contributed by atoms with Gasteiger partial charge in [-0.15, -0.1) is 23.7 Å². The van der Waals surface area contributed by atoms with Gasteiger partial charge in [-0.2, -0.15) is 0 Å². The number of hydrogen-bond acceptors (Lipinski definition) is 3. The fourth-order valence-electron chi connectivity index (χ4n) is 2.49. The monoisotopic (exact) mass is 292 g/mol. The average Bonchev–Trinajstić information content (AvgIpc) is 2.82. The molecule has 96 valence electrons. The van der Waals surface area contributed by atoms with Crippen molar-refractivity contribution in [2.24, 2.45) is 0 Å². The van der Waals surface area contributed by atoms with Crippen LogP contribution in [0, 0.1) is 0 Å². The van der Waals surface area contributed by atoms with E-state index in [9.17, 15) is 0 Å². The van der Waals surface area contributed by atoms with E-state index in [-0.39, 0.29) is 12.4 Å². The third-order valence-electron chi connectivity index (χ3n) is 3.54. The molecule has 0 amide bonds. The van der Waals surface area contributed by atoms with Crippen molar-refractivity contribution in [1.29, 1.82) is 0 Å². The Labute approximate surface area is 118 Å². The first-order valence-electron chi connectivity index (χ1n) is 6.03. The van der Waals surface area contributed by atoms with Gasteiger partial charge in [0.1, 0.15) is 0 Å². The molecule has 5 heteroatoms. The molecule has 2 fully saturated rings. The first kappa shape index (κ1) is 13.6. The summed E-state index contributed by atoms with van der Waals surface area (Å²) < 4.78 is 0. The second-order valence-corrected chi connectivity index (χ2v) is 6.15. The fourth-order valence-corrected chi connectivity index (χ4v) is 3.59. The Bertz CT molecular complexity index is 359. The van der Waals surface area contributed by atoms with Gasteiger partial charge >= 0.3 is 0 Å². The first-order valence-corrected chi connectivity index (χ1v) is 7.28. The van der Waals surface area contributed by atoms with Crippen LogP contribution in [-0.4, -0.2) is 30.1 Å². The van der Waals surface area contributed by atoms with Crippen LogP contribution >= 0.6 is 35.3 Å². The highest BCUT2D eigenvalue weighted by Crippen LogP contribution is 2.34. The van der Waals surface area contributed by atoms with Gasteiger partial charge in [-0.1, -0.05) is 11.6 Å². The molecule has 1 N–H and O–H groups in total. The molecule has 1 aliphatic heterocycles. The van der Waals surface area contributed by atoms with Gasteiger partial charge < -0.3 is 5.32 Å². The minimum Gasteiger partial charge on any atom is -0.315 e. The maximum Gasteiger partial charge on any atom is 0.0558 e. The van der Waals surface area contributed by atoms with E-state index < -0.39 is 0 Å². The van der Waals surface area contributed by atoms with Crippen molar-refractivity contribution >= 4 is 35.3 Å². The summed E-state index contributed by atoms with van der Waals surface area (Å²) in [6.45, 7) is 3.37. The predicted molar refractivity (Wildman–Crippen MR) is 76.4 cm³/mol. The zero-order valence-electron chi connectivity index (χ0n) is 9.69. The van der Waals surface area contributed by atoms with Gasteiger partial charge in [0.05, 0.1) is 5.02 Å². The number of thiophene rings is 1. The summed E-state index contributed by atoms with van der Waals surface area (Å²) in [5, 5.41) is 6.50. The molecule has 0 radical (unpaired) electrons. The predicted octanol–water partition coefficient (Wildman–Crippen LogP) is 3.15. The van der Waals surface area contributed by atoms with E-state index in [1.54, 1.807) is 11.3 Å². The molecule has 2 aliphatic rings. The van der Waals surface area contributed by atoms with Gasteiger partial charge in [-0.3, -0.25) is 4.90 Å². The summed E-state index contributed by atoms with van der Waals surface area (Å²) in [6, 6.07) is 3.56. The van der Waals surface area contributed by atoms with Crippen LogP contribution in [-0.2, 0) is 6.54 Å². The van der Waals surface area contributed by atoms with Crippen molar-refractivity contribution in [1.82, 2.24) is 10.2 Å². The van der Waals surface area contributed by atoms with Crippen LogP contribution in [0.4, 0.5) is 0 Å². The summed E-state index contributed by atoms with van der Waals surface area (Å²) in [6.07, 6.45) is 4.04. The summed E-state index contributed by atoms with van der Waals surface area (Å²) in [4.78, 5) is 4.00. The Morgan fingerprint density at radius 1 is 1.35 bits per heavy atom. The normalized spacial score (nSPS) is 24.0. The van der Waals surface area contributed by atoms with Crippen molar-refractivity contribution in [3.63, 3.8) is 0 Å². The summed E-state index contributed by atoms with van der Waals surface area (Å²) in [7, 11) is 0. The molecule has 1 aromatic heterocycles. The van der Waals surface area contributed by atoms with Crippen LogP contribution in [0.1, 0.15) is 24.1 Å². The van der Waals surface area contributed by atoms with Crippen molar-refractivity contribution < 1.29 is 0 Å². The maximum absolute atomic E-state index is 6.18. The molecule has 0 spiro atoms. The Morgan fingerprint density at radius 2 is 2.18 bits per heavy atom. The molecule has 1 unspecified atom stereocenters. The lowest BCUT2D eigenvalue weighted by atomic mass is 10.2. The number of hydrogen-bond donors (Lipinski definition) is 1. The van der Waals surface area contributed by atoms with Crippen molar-refractivity contribution in [2.75, 3.05) is 13.1 Å². The number of nitrogens with zero attached hydrogens (tertiary/aromatic N) is 1. The van der Waals surface area contributed by atoms with E-state index in [1.807, 2.05) is 6.07 Å². The van der Waals surface area contributed by atoms with Gasteiger partial charge in [-0.25, -0.2) is 0 Å². The van der Waals surface area contributed by atoms with Gasteiger partial charge in [0.25, 0.3) is 0 Å². The van der Waals surface area contributed by atoms with Crippen molar-refractivity contribution in [2.45, 2.75) is 37.9 Å². The molecule has 0 bridgehead atoms. The molecule has 1 saturated heterocycles. The van der Waals surface area contributed by atoms with Crippen LogP contribution in [0.25, 0.3) is 0 Å². The van der Waals surface area contributed by atoms with Gasteiger partial charge in [0.2, 0.25) is 0 Å². The first-order chi connectivity index (χ1) is 7.84. The number of nitrogens with one attached hydrogen (secondary N) is 1. The van der Waals surface area contributed by atoms with Crippen LogP contribution < -0.4 is 5.32 Å². The van der Waals surface area contributed by atoms with E-state index in [2.05, 4.69) is 15.6 Å². The highest BCUT2D eigenvalue weighted by atomic mass is 35.5. The average molecular weight is 293 g/mol. The summed E-state index contributed by atoms with van der Waals surface area (Å²) in [5.74, 6) is 0. The zero-order valence-corrected chi connectivity index (χ0v) is 12.1. The van der Waals surface area contributed by atoms with Crippen LogP contribution in [0.2, 0.25) is 5.02 Å². The van der Waals surface area contributed by atoms with Crippen LogP contribution in [0.3, 0.4) is 0 Å². The molecule has 2 nitrogen and oxygen atoms in total. The molecule has 17 heavy (non-hydrogen) atoms. The molecule has 1 atom stereocenters. The molecular formula is C12H18Cl2N2S. The topological polar surface area (TPSA) is 15.3 Å². The second kappa shape index (κ2) is 5.89. The minimum absolute atomic E-state index is 0. The van der Waals surface area contributed by atoms with E-state index in [0.29, 0.717) is 0 Å². The highest BCUT2D eigenvalue weighted by Gasteiger charge is 2.35. The minimum atomic E-state index is 0.